The van der Waals surface area contributed by atoms with E-state index in [9.17, 15) is 4.79 Å². The Hall–Kier alpha value is -0.900. The van der Waals surface area contributed by atoms with Crippen LogP contribution in [-0.2, 0) is 11.2 Å². The summed E-state index contributed by atoms with van der Waals surface area (Å²) in [5, 5.41) is 8.96. The Labute approximate surface area is 91.3 Å². The molecule has 14 heavy (non-hydrogen) atoms. The molecule has 0 atom stereocenters. The second-order valence-electron chi connectivity index (χ2n) is 3.82. The Balaban J connectivity index is 2.89. The molecule has 0 unspecified atom stereocenters. The summed E-state index contributed by atoms with van der Waals surface area (Å²) in [5.41, 5.74) is 0.158. The van der Waals surface area contributed by atoms with Crippen LogP contribution in [0.15, 0.2) is 22.9 Å². The van der Waals surface area contributed by atoms with E-state index in [0.717, 1.165) is 5.56 Å². The van der Waals surface area contributed by atoms with Gasteiger partial charge in [0.05, 0.1) is 5.41 Å². The molecule has 0 aliphatic carbocycles. The molecule has 3 nitrogen and oxygen atoms in total. The van der Waals surface area contributed by atoms with Crippen LogP contribution in [0, 0.1) is 5.41 Å². The standard InChI is InChI=1S/C10H12BrNO2/c1-10(2,9(13)14)6-7-4-3-5-12-8(7)11/h3-5H,6H2,1-2H3,(H,13,14). The lowest BCUT2D eigenvalue weighted by atomic mass is 9.86. The molecule has 1 aromatic rings. The van der Waals surface area contributed by atoms with E-state index in [1.54, 1.807) is 26.1 Å². The molecule has 0 saturated carbocycles. The highest BCUT2D eigenvalue weighted by Gasteiger charge is 2.28. The number of hydrogen-bond donors (Lipinski definition) is 1. The predicted octanol–water partition coefficient (Wildman–Crippen LogP) is 2.50. The minimum atomic E-state index is -0.798. The van der Waals surface area contributed by atoms with Crippen molar-refractivity contribution >= 4 is 21.9 Å². The summed E-state index contributed by atoms with van der Waals surface area (Å²) in [6.45, 7) is 3.41. The normalized spacial score (nSPS) is 11.4. The summed E-state index contributed by atoms with van der Waals surface area (Å²) in [6, 6.07) is 3.68. The third kappa shape index (κ3) is 2.54. The highest BCUT2D eigenvalue weighted by atomic mass is 79.9. The van der Waals surface area contributed by atoms with Gasteiger partial charge in [-0.1, -0.05) is 6.07 Å². The number of carboxylic acids is 1. The zero-order valence-electron chi connectivity index (χ0n) is 8.12. The molecule has 0 aliphatic heterocycles. The first kappa shape index (κ1) is 11.2. The first-order valence-corrected chi connectivity index (χ1v) is 5.05. The number of pyridine rings is 1. The van der Waals surface area contributed by atoms with Gasteiger partial charge in [-0.05, 0) is 47.8 Å². The van der Waals surface area contributed by atoms with Gasteiger partial charge in [0.2, 0.25) is 0 Å². The third-order valence-electron chi connectivity index (χ3n) is 2.05. The van der Waals surface area contributed by atoms with Crippen LogP contribution in [0.5, 0.6) is 0 Å². The van der Waals surface area contributed by atoms with Crippen molar-refractivity contribution in [2.75, 3.05) is 0 Å². The molecule has 0 fully saturated rings. The molecule has 1 aromatic heterocycles. The van der Waals surface area contributed by atoms with Crippen LogP contribution in [0.1, 0.15) is 19.4 Å². The topological polar surface area (TPSA) is 50.2 Å². The molecule has 0 amide bonds. The zero-order chi connectivity index (χ0) is 10.8. The lowest BCUT2D eigenvalue weighted by Crippen LogP contribution is -2.26. The van der Waals surface area contributed by atoms with E-state index in [2.05, 4.69) is 20.9 Å². The molecule has 4 heteroatoms. The van der Waals surface area contributed by atoms with Crippen molar-refractivity contribution in [2.24, 2.45) is 5.41 Å². The molecule has 0 bridgehead atoms. The van der Waals surface area contributed by atoms with Gasteiger partial charge in [-0.3, -0.25) is 4.79 Å². The molecular weight excluding hydrogens is 246 g/mol. The van der Waals surface area contributed by atoms with Crippen molar-refractivity contribution in [2.45, 2.75) is 20.3 Å². The molecule has 76 valence electrons. The minimum absolute atomic E-state index is 0.469. The highest BCUT2D eigenvalue weighted by Crippen LogP contribution is 2.25. The second kappa shape index (κ2) is 4.09. The van der Waals surface area contributed by atoms with Crippen molar-refractivity contribution in [3.05, 3.63) is 28.5 Å². The first-order valence-electron chi connectivity index (χ1n) is 4.26. The van der Waals surface area contributed by atoms with Gasteiger partial charge in [0.25, 0.3) is 0 Å². The average Bonchev–Trinajstić information content (AvgIpc) is 2.08. The Morgan fingerprint density at radius 1 is 1.64 bits per heavy atom. The molecule has 0 saturated heterocycles. The summed E-state index contributed by atoms with van der Waals surface area (Å²) in [6.07, 6.45) is 2.14. The van der Waals surface area contributed by atoms with E-state index in [1.165, 1.54) is 0 Å². The van der Waals surface area contributed by atoms with Crippen LogP contribution < -0.4 is 0 Å². The predicted molar refractivity (Wildman–Crippen MR) is 57.1 cm³/mol. The number of carbonyl (C=O) groups is 1. The van der Waals surface area contributed by atoms with Crippen LogP contribution >= 0.6 is 15.9 Å². The van der Waals surface area contributed by atoms with Gasteiger partial charge in [-0.15, -0.1) is 0 Å². The van der Waals surface area contributed by atoms with Gasteiger partial charge in [0.1, 0.15) is 4.60 Å². The van der Waals surface area contributed by atoms with E-state index in [-0.39, 0.29) is 0 Å². The van der Waals surface area contributed by atoms with E-state index in [0.29, 0.717) is 11.0 Å². The first-order chi connectivity index (χ1) is 6.43. The number of rotatable bonds is 3. The Bertz CT molecular complexity index is 350. The maximum absolute atomic E-state index is 10.9. The molecule has 0 aromatic carbocycles. The molecule has 0 radical (unpaired) electrons. The molecule has 1 heterocycles. The van der Waals surface area contributed by atoms with Crippen molar-refractivity contribution in [1.29, 1.82) is 0 Å². The molecule has 0 aliphatic rings. The van der Waals surface area contributed by atoms with Gasteiger partial charge >= 0.3 is 5.97 Å². The summed E-state index contributed by atoms with van der Waals surface area (Å²) >= 11 is 3.29. The maximum atomic E-state index is 10.9. The summed E-state index contributed by atoms with van der Waals surface area (Å²) in [4.78, 5) is 14.9. The Morgan fingerprint density at radius 2 is 2.29 bits per heavy atom. The number of hydrogen-bond acceptors (Lipinski definition) is 2. The van der Waals surface area contributed by atoms with Gasteiger partial charge in [0, 0.05) is 6.20 Å². The van der Waals surface area contributed by atoms with E-state index < -0.39 is 11.4 Å². The van der Waals surface area contributed by atoms with Crippen LogP contribution in [0.2, 0.25) is 0 Å². The smallest absolute Gasteiger partial charge is 0.309 e. The van der Waals surface area contributed by atoms with Crippen LogP contribution in [0.25, 0.3) is 0 Å². The SMILES string of the molecule is CC(C)(Cc1cccnc1Br)C(=O)O. The number of halogens is 1. The van der Waals surface area contributed by atoms with E-state index in [4.69, 9.17) is 5.11 Å². The lowest BCUT2D eigenvalue weighted by molar-refractivity contribution is -0.146. The lowest BCUT2D eigenvalue weighted by Gasteiger charge is -2.19. The molecular formula is C10H12BrNO2. The van der Waals surface area contributed by atoms with Gasteiger partial charge in [-0.25, -0.2) is 4.98 Å². The largest absolute Gasteiger partial charge is 0.481 e. The van der Waals surface area contributed by atoms with Gasteiger partial charge in [-0.2, -0.15) is 0 Å². The van der Waals surface area contributed by atoms with Gasteiger partial charge in [0.15, 0.2) is 0 Å². The fraction of sp³-hybridized carbons (Fsp3) is 0.400. The summed E-state index contributed by atoms with van der Waals surface area (Å²) in [7, 11) is 0. The second-order valence-corrected chi connectivity index (χ2v) is 4.57. The van der Waals surface area contributed by atoms with Crippen molar-refractivity contribution in [3.8, 4) is 0 Å². The van der Waals surface area contributed by atoms with Crippen molar-refractivity contribution in [1.82, 2.24) is 4.98 Å². The van der Waals surface area contributed by atoms with E-state index in [1.807, 2.05) is 6.07 Å². The molecule has 1 rings (SSSR count). The van der Waals surface area contributed by atoms with E-state index >= 15 is 0 Å². The third-order valence-corrected chi connectivity index (χ3v) is 2.76. The zero-order valence-corrected chi connectivity index (χ0v) is 9.71. The Kier molecular flexibility index (Phi) is 3.26. The summed E-state index contributed by atoms with van der Waals surface area (Å²) in [5.74, 6) is -0.798. The number of aromatic nitrogens is 1. The van der Waals surface area contributed by atoms with Crippen molar-refractivity contribution in [3.63, 3.8) is 0 Å². The monoisotopic (exact) mass is 257 g/mol. The minimum Gasteiger partial charge on any atom is -0.481 e. The molecule has 0 spiro atoms. The molecule has 1 N–H and O–H groups in total. The average molecular weight is 258 g/mol. The van der Waals surface area contributed by atoms with Crippen LogP contribution in [-0.4, -0.2) is 16.1 Å². The quantitative estimate of drug-likeness (QED) is 0.847. The number of aliphatic carboxylic acids is 1. The Morgan fingerprint density at radius 3 is 2.79 bits per heavy atom. The number of carboxylic acid groups (broad SMARTS) is 1. The maximum Gasteiger partial charge on any atom is 0.309 e. The number of nitrogens with zero attached hydrogens (tertiary/aromatic N) is 1. The summed E-state index contributed by atoms with van der Waals surface area (Å²) < 4.78 is 0.717. The highest BCUT2D eigenvalue weighted by molar-refractivity contribution is 9.10. The van der Waals surface area contributed by atoms with Gasteiger partial charge < -0.3 is 5.11 Å². The van der Waals surface area contributed by atoms with Crippen molar-refractivity contribution < 1.29 is 9.90 Å². The van der Waals surface area contributed by atoms with Crippen LogP contribution in [0.4, 0.5) is 0 Å². The van der Waals surface area contributed by atoms with Crippen LogP contribution in [0.3, 0.4) is 0 Å². The fourth-order valence-electron chi connectivity index (χ4n) is 1.10. The fourth-order valence-corrected chi connectivity index (χ4v) is 1.49.